The molecule has 618 valence electrons. The van der Waals surface area contributed by atoms with Crippen molar-refractivity contribution in [2.45, 2.75) is 189 Å². The molecule has 3 heterocycles. The number of benzene rings is 1. The summed E-state index contributed by atoms with van der Waals surface area (Å²) in [6.07, 6.45) is 8.67. The quantitative estimate of drug-likeness (QED) is 0.0176. The van der Waals surface area contributed by atoms with E-state index in [1.54, 1.807) is 20.8 Å². The van der Waals surface area contributed by atoms with Gasteiger partial charge in [-0.15, -0.1) is 5.06 Å². The van der Waals surface area contributed by atoms with Gasteiger partial charge in [0.05, 0.1) is 38.7 Å². The minimum atomic E-state index is -1.17. The van der Waals surface area contributed by atoms with Crippen molar-refractivity contribution in [2.75, 3.05) is 60.3 Å². The van der Waals surface area contributed by atoms with E-state index in [9.17, 15) is 100 Å². The minimum absolute atomic E-state index is 0.0227. The van der Waals surface area contributed by atoms with Gasteiger partial charge in [-0.3, -0.25) is 90.9 Å². The second kappa shape index (κ2) is 55.6. The molecular weight excluding hydrogens is 1470 g/mol. The van der Waals surface area contributed by atoms with Crippen molar-refractivity contribution in [1.29, 1.82) is 0 Å². The molecule has 0 unspecified atom stereocenters. The molecule has 12 N–H and O–H groups in total. The van der Waals surface area contributed by atoms with Crippen LogP contribution in [0.2, 0.25) is 0 Å². The molecule has 1 aromatic rings. The monoisotopic (exact) mass is 1580 g/mol. The fourth-order valence-electron chi connectivity index (χ4n) is 9.21. The van der Waals surface area contributed by atoms with Crippen LogP contribution in [0.1, 0.15) is 159 Å². The lowest BCUT2D eigenvalue weighted by Crippen LogP contribution is -2.46. The second-order valence-corrected chi connectivity index (χ2v) is 25.7. The fourth-order valence-corrected chi connectivity index (χ4v) is 9.21. The van der Waals surface area contributed by atoms with Crippen LogP contribution in [0.25, 0.3) is 0 Å². The number of hydrogen-bond acceptors (Lipinski definition) is 27. The highest BCUT2D eigenvalue weighted by Crippen LogP contribution is 2.16. The number of carboxylic acids is 2. The number of hydrogen-bond donors (Lipinski definition) is 10. The largest absolute Gasteiger partial charge is 0.480 e. The molecule has 0 spiro atoms. The number of nitrogens with one attached hydrogen (secondary N) is 6. The third-order valence-electron chi connectivity index (χ3n) is 15.8. The number of alkyl halides is 1. The molecule has 0 aliphatic carbocycles. The van der Waals surface area contributed by atoms with Gasteiger partial charge in [-0.2, -0.15) is 0 Å². The minimum Gasteiger partial charge on any atom is -0.480 e. The average molecular weight is 1580 g/mol. The van der Waals surface area contributed by atoms with Crippen LogP contribution in [0.5, 0.6) is 0 Å². The van der Waals surface area contributed by atoms with Gasteiger partial charge in [-0.05, 0) is 65.9 Å². The predicted octanol–water partition coefficient (Wildman–Crippen LogP) is -0.118. The van der Waals surface area contributed by atoms with E-state index in [1.807, 2.05) is 30.3 Å². The van der Waals surface area contributed by atoms with E-state index in [0.29, 0.717) is 56.7 Å². The van der Waals surface area contributed by atoms with Crippen LogP contribution in [0.15, 0.2) is 54.6 Å². The Kier molecular flexibility index (Phi) is 49.2. The number of ketones is 4. The zero-order valence-electron chi connectivity index (χ0n) is 64.8. The van der Waals surface area contributed by atoms with Gasteiger partial charge < -0.3 is 77.4 Å². The smallest absolute Gasteiger partial charge is 0.333 e. The van der Waals surface area contributed by atoms with E-state index < -0.39 is 145 Å². The van der Waals surface area contributed by atoms with Crippen molar-refractivity contribution in [3.8, 4) is 0 Å². The Morgan fingerprint density at radius 1 is 0.468 bits per heavy atom. The van der Waals surface area contributed by atoms with Gasteiger partial charge in [0.1, 0.15) is 52.4 Å². The molecule has 4 rings (SSSR count). The summed E-state index contributed by atoms with van der Waals surface area (Å²) in [7, 11) is -1.00. The summed E-state index contributed by atoms with van der Waals surface area (Å²) in [6.45, 7) is 12.5. The zero-order chi connectivity index (χ0) is 85.2. The molecule has 12 amide bonds. The van der Waals surface area contributed by atoms with Crippen molar-refractivity contribution in [2.24, 2.45) is 35.1 Å². The SMILES string of the molecule is C[C@H](CC(=O)[C@H](C)NC(=O)[C@H](C)CC(=O)CCCCCN1C(=O)C=CC1=O)C(=O)NCOCC(=O)O.C[C@H](N)C(=O)N[C@@H](C)C(=O)C[C@@H](C)C(=O)NCOCC(=O)O.C[C@H](N)C(=O)N[C@@H](C)C(=O)C[C@@H](C)C(=O)NCOCC(=O)OCc1ccccc1.O=C(CCCCCN1C(=O)C=CC1=O)ON1C(=O)CCC1=O.[2H]CF. The number of esters is 1. The number of carbonyl (C=O) groups excluding carboxylic acids is 18. The Labute approximate surface area is 642 Å². The predicted molar refractivity (Wildman–Crippen MR) is 387 cm³/mol. The topological polar surface area (TPSA) is 562 Å². The molecule has 1 fully saturated rings. The summed E-state index contributed by atoms with van der Waals surface area (Å²) in [4.78, 5) is 238. The van der Waals surface area contributed by atoms with Crippen LogP contribution < -0.4 is 43.4 Å². The van der Waals surface area contributed by atoms with E-state index in [2.05, 4.69) is 36.6 Å². The third kappa shape index (κ3) is 43.9. The van der Waals surface area contributed by atoms with Gasteiger partial charge in [0.25, 0.3) is 35.4 Å². The molecule has 111 heavy (non-hydrogen) atoms. The van der Waals surface area contributed by atoms with Crippen molar-refractivity contribution in [3.05, 3.63) is 60.2 Å². The van der Waals surface area contributed by atoms with Crippen molar-refractivity contribution >= 4 is 118 Å². The maximum atomic E-state index is 12.4. The highest BCUT2D eigenvalue weighted by atomic mass is 19.1. The molecule has 39 heteroatoms. The van der Waals surface area contributed by atoms with Crippen LogP contribution in [0.4, 0.5) is 4.39 Å². The van der Waals surface area contributed by atoms with Crippen LogP contribution in [-0.2, 0) is 126 Å². The Balaban J connectivity index is 0.00000148. The molecule has 0 bridgehead atoms. The number of nitrogens with two attached hydrogens (primary N) is 2. The zero-order valence-corrected chi connectivity index (χ0v) is 63.8. The molecule has 0 aromatic heterocycles. The standard InChI is InChI=1S/C24H35N3O9.C20H29N3O6.C14H16N2O6.C13H23N3O6.CH3F/c1-15(11-18(28)7-5-4-6-10-27-20(30)8-9-21(27)31)24(35)26-17(3)19(29)12-16(2)23(34)25-14-36-13-22(32)33;1-13(9-17(24)15(3)23-20(27)14(2)21)19(26)22-12-28-11-18(25)29-10-16-7-5-4-6-8-16;17-10-5-6-11(18)15(10)9-3-1-2-4-14(21)22-16-12(19)7-8-13(16)20;1-7(12(20)15-6-22-5-11(18)19)4-10(17)9(3)16-13(21)8(2)14;1-2/h8-9,15-17H,4-7,10-14H2,1-3H3,(H,25,34)(H,26,35)(H,32,33);4-8,13-15H,9-12,21H2,1-3H3,(H,22,26)(H,23,27);5-6H,1-4,7-9H2;7-9H,4-6,14H2,1-3H3,(H,15,20)(H,16,21)(H,18,19);1H3/t15-,16-,17+;13-,14+,15+;;7-,8+,9+;/m11.1./s1/i;;;;1D. The van der Waals surface area contributed by atoms with E-state index in [1.165, 1.54) is 65.8 Å². The first-order valence-corrected chi connectivity index (χ1v) is 35.4. The van der Waals surface area contributed by atoms with Crippen molar-refractivity contribution in [3.63, 3.8) is 0 Å². The first-order chi connectivity index (χ1) is 52.7. The van der Waals surface area contributed by atoms with Crippen molar-refractivity contribution in [1.82, 2.24) is 46.8 Å². The lowest BCUT2D eigenvalue weighted by Gasteiger charge is -2.18. The number of carbonyl (C=O) groups is 20. The number of Topliss-reactive ketones (excluding diaryl/α,β-unsaturated/α-hetero) is 4. The average Bonchev–Trinajstić information content (AvgIpc) is 1.85. The maximum absolute atomic E-state index is 12.4. The summed E-state index contributed by atoms with van der Waals surface area (Å²) in [5, 5.41) is 32.1. The summed E-state index contributed by atoms with van der Waals surface area (Å²) < 4.78 is 35.0. The van der Waals surface area contributed by atoms with Crippen LogP contribution >= 0.6 is 0 Å². The van der Waals surface area contributed by atoms with Crippen LogP contribution in [-0.4, -0.2) is 233 Å². The van der Waals surface area contributed by atoms with E-state index >= 15 is 0 Å². The Bertz CT molecular complexity index is 3400. The summed E-state index contributed by atoms with van der Waals surface area (Å²) in [5.74, 6) is -12.1. The highest BCUT2D eigenvalue weighted by molar-refractivity contribution is 6.13. The van der Waals surface area contributed by atoms with E-state index in [0.717, 1.165) is 15.4 Å². The Hall–Kier alpha value is -10.8. The van der Waals surface area contributed by atoms with Gasteiger partial charge in [0, 0.05) is 112 Å². The lowest BCUT2D eigenvalue weighted by molar-refractivity contribution is -0.197. The molecule has 0 saturated carbocycles. The number of unbranched alkanes of at least 4 members (excludes halogenated alkanes) is 4. The van der Waals surface area contributed by atoms with E-state index in [4.69, 9.17) is 42.1 Å². The summed E-state index contributed by atoms with van der Waals surface area (Å²) in [5.41, 5.74) is 11.7. The normalized spacial score (nSPS) is 15.1. The molecule has 1 aromatic carbocycles. The molecule has 1 saturated heterocycles. The summed E-state index contributed by atoms with van der Waals surface area (Å²) in [6, 6.07) is 5.45. The Morgan fingerprint density at radius 2 is 0.811 bits per heavy atom. The molecule has 3 aliphatic heterocycles. The van der Waals surface area contributed by atoms with Crippen molar-refractivity contribution < 1.29 is 136 Å². The number of rotatable bonds is 47. The number of imide groups is 3. The summed E-state index contributed by atoms with van der Waals surface area (Å²) >= 11 is 0. The Morgan fingerprint density at radius 3 is 1.17 bits per heavy atom. The highest BCUT2D eigenvalue weighted by Gasteiger charge is 2.33. The molecule has 3 aliphatic rings. The molecular formula is C72H106FN11O27. The second-order valence-electron chi connectivity index (χ2n) is 25.7. The number of amides is 12. The number of aliphatic carboxylic acids is 2. The number of hydroxylamine groups is 2. The number of nitrogens with zero attached hydrogens (tertiary/aromatic N) is 3. The van der Waals surface area contributed by atoms with E-state index in [-0.39, 0.29) is 132 Å². The van der Waals surface area contributed by atoms with Gasteiger partial charge in [-0.1, -0.05) is 70.9 Å². The third-order valence-corrected chi connectivity index (χ3v) is 15.8. The van der Waals surface area contributed by atoms with Gasteiger partial charge in [0.15, 0.2) is 17.3 Å². The number of halogens is 1. The van der Waals surface area contributed by atoms with Gasteiger partial charge in [0.2, 0.25) is 35.4 Å². The molecule has 38 nitrogen and oxygen atoms in total. The molecule has 0 radical (unpaired) electrons. The lowest BCUT2D eigenvalue weighted by atomic mass is 9.98. The number of ether oxygens (including phenoxy) is 4. The van der Waals surface area contributed by atoms with Crippen LogP contribution in [0.3, 0.4) is 0 Å². The first kappa shape index (κ1) is 98.2. The maximum Gasteiger partial charge on any atom is 0.333 e. The fraction of sp³-hybridized carbons (Fsp3) is 0.583. The first-order valence-electron chi connectivity index (χ1n) is 36.1. The van der Waals surface area contributed by atoms with Crippen LogP contribution in [0, 0.1) is 23.7 Å². The number of carboxylic acid groups (broad SMARTS) is 2. The molecule has 9 atom stereocenters. The van der Waals surface area contributed by atoms with Gasteiger partial charge in [-0.25, -0.2) is 19.2 Å². The van der Waals surface area contributed by atoms with Gasteiger partial charge >= 0.3 is 23.9 Å².